The first-order valence-corrected chi connectivity index (χ1v) is 7.57. The molecular formula is C15H34N2O2. The summed E-state index contributed by atoms with van der Waals surface area (Å²) in [4.78, 5) is 2.54. The fourth-order valence-corrected chi connectivity index (χ4v) is 2.45. The van der Waals surface area contributed by atoms with Gasteiger partial charge in [-0.15, -0.1) is 0 Å². The zero-order valence-electron chi connectivity index (χ0n) is 13.7. The van der Waals surface area contributed by atoms with Gasteiger partial charge in [-0.25, -0.2) is 0 Å². The fourth-order valence-electron chi connectivity index (χ4n) is 2.45. The number of nitrogens with one attached hydrogen (secondary N) is 1. The Hall–Kier alpha value is -0.160. The van der Waals surface area contributed by atoms with Gasteiger partial charge in [-0.3, -0.25) is 4.90 Å². The molecule has 1 N–H and O–H groups in total. The number of ether oxygens (including phenoxy) is 2. The highest BCUT2D eigenvalue weighted by molar-refractivity contribution is 4.80. The minimum absolute atomic E-state index is 0.410. The lowest BCUT2D eigenvalue weighted by atomic mass is 10.1. The van der Waals surface area contributed by atoms with Crippen LogP contribution in [-0.4, -0.2) is 63.5 Å². The van der Waals surface area contributed by atoms with E-state index in [2.05, 4.69) is 37.9 Å². The van der Waals surface area contributed by atoms with Crippen LogP contribution in [0.4, 0.5) is 0 Å². The molecule has 0 aromatic carbocycles. The van der Waals surface area contributed by atoms with Crippen LogP contribution in [0.2, 0.25) is 0 Å². The molecule has 0 spiro atoms. The molecule has 0 aliphatic heterocycles. The lowest BCUT2D eigenvalue weighted by molar-refractivity contribution is 0.0360. The van der Waals surface area contributed by atoms with Crippen molar-refractivity contribution in [3.63, 3.8) is 0 Å². The van der Waals surface area contributed by atoms with Gasteiger partial charge in [0.1, 0.15) is 0 Å². The molecule has 0 rings (SSSR count). The molecule has 0 aliphatic rings. The molecule has 1 unspecified atom stereocenters. The van der Waals surface area contributed by atoms with Crippen molar-refractivity contribution in [3.8, 4) is 0 Å². The number of rotatable bonds is 12. The average molecular weight is 274 g/mol. The summed E-state index contributed by atoms with van der Waals surface area (Å²) in [6.07, 6.45) is 2.34. The number of methoxy groups -OCH3 is 2. The Kier molecular flexibility index (Phi) is 11.6. The summed E-state index contributed by atoms with van der Waals surface area (Å²) in [6, 6.07) is 1.52. The third-order valence-electron chi connectivity index (χ3n) is 3.55. The van der Waals surface area contributed by atoms with Crippen LogP contribution in [0.5, 0.6) is 0 Å². The van der Waals surface area contributed by atoms with Gasteiger partial charge in [-0.2, -0.15) is 0 Å². The topological polar surface area (TPSA) is 33.7 Å². The Balaban J connectivity index is 4.67. The second kappa shape index (κ2) is 11.6. The van der Waals surface area contributed by atoms with Crippen LogP contribution in [-0.2, 0) is 9.47 Å². The number of hydrogen-bond donors (Lipinski definition) is 1. The molecule has 0 aromatic heterocycles. The molecule has 0 radical (unpaired) electrons. The number of nitrogens with zero attached hydrogens (tertiary/aromatic N) is 1. The van der Waals surface area contributed by atoms with Crippen LogP contribution in [0.1, 0.15) is 40.5 Å². The van der Waals surface area contributed by atoms with Crippen LogP contribution in [0.15, 0.2) is 0 Å². The highest BCUT2D eigenvalue weighted by Crippen LogP contribution is 2.13. The van der Waals surface area contributed by atoms with Crippen molar-refractivity contribution >= 4 is 0 Å². The van der Waals surface area contributed by atoms with Crippen molar-refractivity contribution in [2.45, 2.75) is 58.7 Å². The Bertz CT molecular complexity index is 197. The zero-order valence-corrected chi connectivity index (χ0v) is 13.7. The summed E-state index contributed by atoms with van der Waals surface area (Å²) < 4.78 is 10.7. The zero-order chi connectivity index (χ0) is 14.7. The minimum atomic E-state index is 0.410. The van der Waals surface area contributed by atoms with E-state index in [1.807, 2.05) is 0 Å². The van der Waals surface area contributed by atoms with Gasteiger partial charge in [0, 0.05) is 45.4 Å². The van der Waals surface area contributed by atoms with Gasteiger partial charge < -0.3 is 14.8 Å². The first kappa shape index (κ1) is 18.8. The van der Waals surface area contributed by atoms with Crippen LogP contribution in [0, 0.1) is 0 Å². The van der Waals surface area contributed by atoms with E-state index in [0.717, 1.165) is 26.3 Å². The molecule has 0 saturated heterocycles. The Morgan fingerprint density at radius 1 is 1.00 bits per heavy atom. The van der Waals surface area contributed by atoms with Gasteiger partial charge in [0.25, 0.3) is 0 Å². The standard InChI is InChI=1S/C15H34N2O2/c1-7-14(8-2)17(9-10-18-5)15(12-19-6)11-16-13(3)4/h13-16H,7-12H2,1-6H3. The lowest BCUT2D eigenvalue weighted by Crippen LogP contribution is -2.51. The molecule has 1 atom stereocenters. The van der Waals surface area contributed by atoms with Crippen molar-refractivity contribution in [2.75, 3.05) is 40.5 Å². The monoisotopic (exact) mass is 274 g/mol. The summed E-state index contributed by atoms with van der Waals surface area (Å²) in [5.41, 5.74) is 0. The van der Waals surface area contributed by atoms with Gasteiger partial charge in [-0.05, 0) is 12.8 Å². The first-order valence-electron chi connectivity index (χ1n) is 7.57. The van der Waals surface area contributed by atoms with Crippen molar-refractivity contribution in [1.29, 1.82) is 0 Å². The summed E-state index contributed by atoms with van der Waals surface area (Å²) >= 11 is 0. The van der Waals surface area contributed by atoms with Gasteiger partial charge in [0.2, 0.25) is 0 Å². The van der Waals surface area contributed by atoms with E-state index in [1.54, 1.807) is 14.2 Å². The van der Waals surface area contributed by atoms with Crippen LogP contribution in [0.3, 0.4) is 0 Å². The van der Waals surface area contributed by atoms with E-state index in [9.17, 15) is 0 Å². The van der Waals surface area contributed by atoms with Crippen molar-refractivity contribution < 1.29 is 9.47 Å². The highest BCUT2D eigenvalue weighted by atomic mass is 16.5. The Labute approximate surface area is 119 Å². The molecule has 4 nitrogen and oxygen atoms in total. The van der Waals surface area contributed by atoms with E-state index in [1.165, 1.54) is 12.8 Å². The van der Waals surface area contributed by atoms with Gasteiger partial charge in [0.15, 0.2) is 0 Å². The second-order valence-corrected chi connectivity index (χ2v) is 5.37. The molecule has 0 bridgehead atoms. The largest absolute Gasteiger partial charge is 0.383 e. The molecular weight excluding hydrogens is 240 g/mol. The number of hydrogen-bond acceptors (Lipinski definition) is 4. The molecule has 0 amide bonds. The van der Waals surface area contributed by atoms with E-state index in [0.29, 0.717) is 18.1 Å². The van der Waals surface area contributed by atoms with Gasteiger partial charge >= 0.3 is 0 Å². The molecule has 0 saturated carbocycles. The second-order valence-electron chi connectivity index (χ2n) is 5.37. The van der Waals surface area contributed by atoms with E-state index < -0.39 is 0 Å². The Morgan fingerprint density at radius 3 is 2.05 bits per heavy atom. The fraction of sp³-hybridized carbons (Fsp3) is 1.00. The maximum Gasteiger partial charge on any atom is 0.0630 e. The summed E-state index contributed by atoms with van der Waals surface area (Å²) in [6.45, 7) is 12.4. The smallest absolute Gasteiger partial charge is 0.0630 e. The van der Waals surface area contributed by atoms with E-state index >= 15 is 0 Å². The third kappa shape index (κ3) is 7.88. The summed E-state index contributed by atoms with van der Waals surface area (Å²) in [5, 5.41) is 3.53. The summed E-state index contributed by atoms with van der Waals surface area (Å²) in [5.74, 6) is 0. The SMILES string of the molecule is CCC(CC)N(CCOC)C(CNC(C)C)COC. The van der Waals surface area contributed by atoms with E-state index in [4.69, 9.17) is 9.47 Å². The lowest BCUT2D eigenvalue weighted by Gasteiger charge is -2.37. The molecule has 0 heterocycles. The molecule has 0 aliphatic carbocycles. The third-order valence-corrected chi connectivity index (χ3v) is 3.55. The molecule has 0 fully saturated rings. The van der Waals surface area contributed by atoms with Crippen LogP contribution in [0.25, 0.3) is 0 Å². The maximum atomic E-state index is 5.41. The highest BCUT2D eigenvalue weighted by Gasteiger charge is 2.24. The normalized spacial score (nSPS) is 13.7. The average Bonchev–Trinajstić information content (AvgIpc) is 2.39. The van der Waals surface area contributed by atoms with Crippen molar-refractivity contribution in [3.05, 3.63) is 0 Å². The predicted molar refractivity (Wildman–Crippen MR) is 81.8 cm³/mol. The minimum Gasteiger partial charge on any atom is -0.383 e. The molecule has 116 valence electrons. The molecule has 0 aromatic rings. The quantitative estimate of drug-likeness (QED) is 0.591. The van der Waals surface area contributed by atoms with Crippen molar-refractivity contribution in [1.82, 2.24) is 10.2 Å². The van der Waals surface area contributed by atoms with Crippen molar-refractivity contribution in [2.24, 2.45) is 0 Å². The molecule has 4 heteroatoms. The first-order chi connectivity index (χ1) is 9.10. The van der Waals surface area contributed by atoms with Gasteiger partial charge in [0.05, 0.1) is 13.2 Å². The molecule has 19 heavy (non-hydrogen) atoms. The van der Waals surface area contributed by atoms with Gasteiger partial charge in [-0.1, -0.05) is 27.7 Å². The van der Waals surface area contributed by atoms with Crippen LogP contribution < -0.4 is 5.32 Å². The maximum absolute atomic E-state index is 5.41. The predicted octanol–water partition coefficient (Wildman–Crippen LogP) is 2.14. The summed E-state index contributed by atoms with van der Waals surface area (Å²) in [7, 11) is 3.55. The van der Waals surface area contributed by atoms with E-state index in [-0.39, 0.29) is 0 Å². The Morgan fingerprint density at radius 2 is 1.63 bits per heavy atom. The van der Waals surface area contributed by atoms with Crippen LogP contribution >= 0.6 is 0 Å².